The van der Waals surface area contributed by atoms with Crippen LogP contribution in [0.4, 0.5) is 5.69 Å². The zero-order chi connectivity index (χ0) is 25.5. The number of amides is 1. The first-order chi connectivity index (χ1) is 17.3. The number of rotatable bonds is 9. The number of carbonyl (C=O) groups excluding carboxylic acids is 1. The van der Waals surface area contributed by atoms with Crippen LogP contribution in [-0.4, -0.2) is 14.3 Å². The molecule has 0 aliphatic heterocycles. The van der Waals surface area contributed by atoms with E-state index in [1.807, 2.05) is 56.3 Å². The van der Waals surface area contributed by atoms with Gasteiger partial charge in [-0.2, -0.15) is 0 Å². The molecule has 0 unspecified atom stereocenters. The van der Waals surface area contributed by atoms with Gasteiger partial charge in [-0.3, -0.25) is 4.79 Å². The molecule has 0 radical (unpaired) electrons. The lowest BCUT2D eigenvalue weighted by Gasteiger charge is -2.17. The minimum absolute atomic E-state index is 0.00436. The molecular weight excluding hydrogens is 472 g/mol. The van der Waals surface area contributed by atoms with Crippen molar-refractivity contribution < 1.29 is 17.9 Å². The van der Waals surface area contributed by atoms with Crippen LogP contribution < -0.4 is 14.8 Å². The van der Waals surface area contributed by atoms with Crippen LogP contribution in [0, 0.1) is 13.8 Å². The van der Waals surface area contributed by atoms with Crippen LogP contribution in [0.5, 0.6) is 11.5 Å². The molecule has 0 fully saturated rings. The second-order valence-electron chi connectivity index (χ2n) is 8.53. The van der Waals surface area contributed by atoms with Crippen LogP contribution >= 0.6 is 0 Å². The molecule has 0 aliphatic carbocycles. The fraction of sp³-hybridized carbons (Fsp3) is 0.138. The third-order valence-electron chi connectivity index (χ3n) is 5.75. The van der Waals surface area contributed by atoms with E-state index in [9.17, 15) is 13.2 Å². The Labute approximate surface area is 212 Å². The maximum atomic E-state index is 12.9. The summed E-state index contributed by atoms with van der Waals surface area (Å²) in [6.07, 6.45) is 0. The molecule has 2 N–H and O–H groups in total. The average molecular weight is 501 g/mol. The number of benzene rings is 4. The van der Waals surface area contributed by atoms with Crippen molar-refractivity contribution in [2.75, 3.05) is 5.32 Å². The van der Waals surface area contributed by atoms with Crippen molar-refractivity contribution in [3.05, 3.63) is 125 Å². The van der Waals surface area contributed by atoms with Gasteiger partial charge in [-0.1, -0.05) is 66.7 Å². The van der Waals surface area contributed by atoms with Gasteiger partial charge in [-0.15, -0.1) is 0 Å². The molecular formula is C29H28N2O4S. The largest absolute Gasteiger partial charge is 0.455 e. The van der Waals surface area contributed by atoms with Gasteiger partial charge in [0.2, 0.25) is 10.0 Å². The number of hydrogen-bond acceptors (Lipinski definition) is 4. The Morgan fingerprint density at radius 3 is 2.19 bits per heavy atom. The van der Waals surface area contributed by atoms with E-state index >= 15 is 0 Å². The topological polar surface area (TPSA) is 84.5 Å². The van der Waals surface area contributed by atoms with E-state index in [1.165, 1.54) is 0 Å². The highest BCUT2D eigenvalue weighted by molar-refractivity contribution is 7.88. The number of sulfonamides is 1. The molecule has 6 nitrogen and oxygen atoms in total. The molecule has 4 rings (SSSR count). The lowest BCUT2D eigenvalue weighted by Crippen LogP contribution is -2.25. The third-order valence-corrected chi connectivity index (χ3v) is 7.05. The monoisotopic (exact) mass is 500 g/mol. The minimum Gasteiger partial charge on any atom is -0.455 e. The third kappa shape index (κ3) is 6.59. The molecule has 184 valence electrons. The second-order valence-corrected chi connectivity index (χ2v) is 10.3. The Balaban J connectivity index is 1.58. The van der Waals surface area contributed by atoms with Gasteiger partial charge in [0.05, 0.1) is 11.4 Å². The summed E-state index contributed by atoms with van der Waals surface area (Å²) in [4.78, 5) is 12.8. The molecule has 4 aromatic rings. The van der Waals surface area contributed by atoms with Crippen LogP contribution in [0.2, 0.25) is 0 Å². The molecule has 0 heterocycles. The van der Waals surface area contributed by atoms with E-state index < -0.39 is 10.0 Å². The van der Waals surface area contributed by atoms with Crippen molar-refractivity contribution in [2.45, 2.75) is 26.1 Å². The number of ether oxygens (including phenoxy) is 1. The highest BCUT2D eigenvalue weighted by Crippen LogP contribution is 2.34. The highest BCUT2D eigenvalue weighted by atomic mass is 32.2. The number of nitrogens with one attached hydrogen (secondary N) is 2. The summed E-state index contributed by atoms with van der Waals surface area (Å²) < 4.78 is 34.5. The normalized spacial score (nSPS) is 11.2. The number of para-hydroxylation sites is 2. The van der Waals surface area contributed by atoms with Crippen LogP contribution in [0.3, 0.4) is 0 Å². The molecule has 1 amide bonds. The molecule has 0 saturated heterocycles. The number of hydrogen-bond donors (Lipinski definition) is 2. The maximum absolute atomic E-state index is 12.9. The van der Waals surface area contributed by atoms with Crippen molar-refractivity contribution in [2.24, 2.45) is 0 Å². The van der Waals surface area contributed by atoms with Crippen LogP contribution in [-0.2, 0) is 22.3 Å². The lowest BCUT2D eigenvalue weighted by molar-refractivity contribution is 0.102. The van der Waals surface area contributed by atoms with Gasteiger partial charge in [-0.25, -0.2) is 13.1 Å². The molecule has 36 heavy (non-hydrogen) atoms. The Kier molecular flexibility index (Phi) is 7.83. The van der Waals surface area contributed by atoms with Crippen molar-refractivity contribution in [3.8, 4) is 11.5 Å². The number of carbonyl (C=O) groups is 1. The summed E-state index contributed by atoms with van der Waals surface area (Å²) in [5, 5.41) is 2.89. The fourth-order valence-electron chi connectivity index (χ4n) is 3.68. The predicted molar refractivity (Wildman–Crippen MR) is 143 cm³/mol. The minimum atomic E-state index is -3.62. The fourth-order valence-corrected chi connectivity index (χ4v) is 4.78. The Morgan fingerprint density at radius 2 is 1.50 bits per heavy atom. The summed E-state index contributed by atoms with van der Waals surface area (Å²) in [6.45, 7) is 3.95. The van der Waals surface area contributed by atoms with Gasteiger partial charge in [0.25, 0.3) is 5.91 Å². The number of aryl methyl sites for hydroxylation is 2. The first-order valence-electron chi connectivity index (χ1n) is 11.6. The van der Waals surface area contributed by atoms with Crippen molar-refractivity contribution >= 4 is 21.6 Å². The van der Waals surface area contributed by atoms with Crippen molar-refractivity contribution in [1.29, 1.82) is 0 Å². The summed E-state index contributed by atoms with van der Waals surface area (Å²) in [5.41, 5.74) is 4.41. The van der Waals surface area contributed by atoms with E-state index in [0.29, 0.717) is 28.3 Å². The second kappa shape index (κ2) is 11.2. The first-order valence-corrected chi connectivity index (χ1v) is 13.2. The molecule has 0 bridgehead atoms. The first kappa shape index (κ1) is 25.2. The van der Waals surface area contributed by atoms with Crippen LogP contribution in [0.1, 0.15) is 32.6 Å². The number of anilines is 1. The summed E-state index contributed by atoms with van der Waals surface area (Å²) in [7, 11) is -3.62. The van der Waals surface area contributed by atoms with Gasteiger partial charge >= 0.3 is 0 Å². The Hall–Kier alpha value is -3.94. The van der Waals surface area contributed by atoms with Crippen LogP contribution in [0.15, 0.2) is 97.1 Å². The Bertz CT molecular complexity index is 1450. The highest BCUT2D eigenvalue weighted by Gasteiger charge is 2.18. The smallest absolute Gasteiger partial charge is 0.255 e. The van der Waals surface area contributed by atoms with Crippen LogP contribution in [0.25, 0.3) is 0 Å². The molecule has 0 atom stereocenters. The Morgan fingerprint density at radius 1 is 0.806 bits per heavy atom. The zero-order valence-electron chi connectivity index (χ0n) is 20.2. The molecule has 0 aliphatic rings. The van der Waals surface area contributed by atoms with Gasteiger partial charge < -0.3 is 10.1 Å². The molecule has 4 aromatic carbocycles. The van der Waals surface area contributed by atoms with Gasteiger partial charge in [0.1, 0.15) is 5.75 Å². The van der Waals surface area contributed by atoms with E-state index in [2.05, 4.69) is 10.0 Å². The van der Waals surface area contributed by atoms with E-state index in [1.54, 1.807) is 54.6 Å². The molecule has 7 heteroatoms. The summed E-state index contributed by atoms with van der Waals surface area (Å²) in [6, 6.07) is 28.9. The van der Waals surface area contributed by atoms with E-state index in [4.69, 9.17) is 4.74 Å². The predicted octanol–water partition coefficient (Wildman–Crippen LogP) is 5.97. The SMILES string of the molecule is Cc1ccc(CS(=O)(=O)NCc2cccc(NC(=O)c3ccccc3)c2Oc2ccccc2)cc1C. The van der Waals surface area contributed by atoms with Gasteiger partial charge in [0.15, 0.2) is 5.75 Å². The van der Waals surface area contributed by atoms with Gasteiger partial charge in [0, 0.05) is 17.7 Å². The maximum Gasteiger partial charge on any atom is 0.255 e. The van der Waals surface area contributed by atoms with Gasteiger partial charge in [-0.05, 0) is 60.9 Å². The van der Waals surface area contributed by atoms with Crippen molar-refractivity contribution in [1.82, 2.24) is 4.72 Å². The average Bonchev–Trinajstić information content (AvgIpc) is 2.87. The zero-order valence-corrected chi connectivity index (χ0v) is 21.0. The summed E-state index contributed by atoms with van der Waals surface area (Å²) >= 11 is 0. The molecule has 0 spiro atoms. The van der Waals surface area contributed by atoms with E-state index in [0.717, 1.165) is 16.7 Å². The van der Waals surface area contributed by atoms with E-state index in [-0.39, 0.29) is 18.2 Å². The lowest BCUT2D eigenvalue weighted by atomic mass is 10.1. The molecule has 0 aromatic heterocycles. The van der Waals surface area contributed by atoms with Crippen molar-refractivity contribution in [3.63, 3.8) is 0 Å². The molecule has 0 saturated carbocycles. The summed E-state index contributed by atoms with van der Waals surface area (Å²) in [5.74, 6) is 0.522. The quantitative estimate of drug-likeness (QED) is 0.297. The standard InChI is InChI=1S/C29H28N2O4S/c1-21-16-17-23(18-22(21)2)20-36(33,34)30-19-25-12-9-15-27(28(25)35-26-13-7-4-8-14-26)31-29(32)24-10-5-3-6-11-24/h3-18,30H,19-20H2,1-2H3,(H,31,32).